The highest BCUT2D eigenvalue weighted by molar-refractivity contribution is 5.94. The molecule has 0 spiro atoms. The second kappa shape index (κ2) is 13.8. The fourth-order valence-electron chi connectivity index (χ4n) is 5.35. The lowest BCUT2D eigenvalue weighted by Crippen LogP contribution is -2.43. The third-order valence-electron chi connectivity index (χ3n) is 7.39. The SMILES string of the molecule is O=C(NCCCCn1ccnc1)c1cccc(OC2CCCN(CC(c3ccccc3)c3ccccc3)C2)c1. The summed E-state index contributed by atoms with van der Waals surface area (Å²) in [5, 5.41) is 3.04. The molecule has 39 heavy (non-hydrogen) atoms. The number of ether oxygens (including phenoxy) is 1. The first-order valence-corrected chi connectivity index (χ1v) is 14.1. The minimum absolute atomic E-state index is 0.0538. The van der Waals surface area contributed by atoms with E-state index in [0.717, 1.165) is 57.6 Å². The van der Waals surface area contributed by atoms with Gasteiger partial charge in [-0.05, 0) is 61.6 Å². The number of amides is 1. The van der Waals surface area contributed by atoms with Crippen molar-refractivity contribution in [3.63, 3.8) is 0 Å². The van der Waals surface area contributed by atoms with Gasteiger partial charge < -0.3 is 14.6 Å². The fraction of sp³-hybridized carbons (Fsp3) is 0.333. The molecule has 1 fully saturated rings. The molecule has 0 bridgehead atoms. The van der Waals surface area contributed by atoms with Gasteiger partial charge in [-0.2, -0.15) is 0 Å². The van der Waals surface area contributed by atoms with Crippen LogP contribution < -0.4 is 10.1 Å². The molecule has 1 aromatic heterocycles. The van der Waals surface area contributed by atoms with Crippen LogP contribution in [-0.4, -0.2) is 52.6 Å². The van der Waals surface area contributed by atoms with Crippen molar-refractivity contribution in [3.8, 4) is 5.75 Å². The topological polar surface area (TPSA) is 59.4 Å². The van der Waals surface area contributed by atoms with Crippen molar-refractivity contribution in [1.29, 1.82) is 0 Å². The van der Waals surface area contributed by atoms with Crippen LogP contribution >= 0.6 is 0 Å². The van der Waals surface area contributed by atoms with Crippen LogP contribution in [0.25, 0.3) is 0 Å². The summed E-state index contributed by atoms with van der Waals surface area (Å²) in [6.07, 6.45) is 9.70. The molecule has 0 aliphatic carbocycles. The number of hydrogen-bond donors (Lipinski definition) is 1. The Balaban J connectivity index is 1.14. The molecular weight excluding hydrogens is 484 g/mol. The van der Waals surface area contributed by atoms with Crippen molar-refractivity contribution in [3.05, 3.63) is 120 Å². The number of hydrogen-bond acceptors (Lipinski definition) is 4. The molecule has 0 saturated carbocycles. The first-order chi connectivity index (χ1) is 19.2. The van der Waals surface area contributed by atoms with Crippen LogP contribution in [0.5, 0.6) is 5.75 Å². The number of unbranched alkanes of at least 4 members (excludes halogenated alkanes) is 1. The summed E-state index contributed by atoms with van der Waals surface area (Å²) in [7, 11) is 0. The van der Waals surface area contributed by atoms with Gasteiger partial charge >= 0.3 is 0 Å². The number of carbonyl (C=O) groups is 1. The highest BCUT2D eigenvalue weighted by atomic mass is 16.5. The van der Waals surface area contributed by atoms with E-state index in [2.05, 4.69) is 80.4 Å². The van der Waals surface area contributed by atoms with Crippen molar-refractivity contribution in [2.75, 3.05) is 26.2 Å². The van der Waals surface area contributed by atoms with Crippen molar-refractivity contribution in [1.82, 2.24) is 19.8 Å². The van der Waals surface area contributed by atoms with Gasteiger partial charge in [0.25, 0.3) is 5.91 Å². The van der Waals surface area contributed by atoms with E-state index in [0.29, 0.717) is 18.0 Å². The second-order valence-electron chi connectivity index (χ2n) is 10.3. The Kier molecular flexibility index (Phi) is 9.42. The molecule has 1 aliphatic heterocycles. The van der Waals surface area contributed by atoms with Crippen molar-refractivity contribution in [2.45, 2.75) is 44.2 Å². The number of piperidine rings is 1. The number of benzene rings is 3. The van der Waals surface area contributed by atoms with Crippen LogP contribution in [-0.2, 0) is 6.54 Å². The summed E-state index contributed by atoms with van der Waals surface area (Å²) in [4.78, 5) is 19.3. The number of likely N-dealkylation sites (tertiary alicyclic amines) is 1. The van der Waals surface area contributed by atoms with Crippen LogP contribution in [0.3, 0.4) is 0 Å². The van der Waals surface area contributed by atoms with Gasteiger partial charge in [-0.25, -0.2) is 4.98 Å². The lowest BCUT2D eigenvalue weighted by Gasteiger charge is -2.35. The number of nitrogens with zero attached hydrogens (tertiary/aromatic N) is 3. The van der Waals surface area contributed by atoms with Crippen molar-refractivity contribution in [2.24, 2.45) is 0 Å². The summed E-state index contributed by atoms with van der Waals surface area (Å²) in [5.41, 5.74) is 3.32. The molecule has 1 amide bonds. The quantitative estimate of drug-likeness (QED) is 0.240. The van der Waals surface area contributed by atoms with Crippen molar-refractivity contribution >= 4 is 5.91 Å². The van der Waals surface area contributed by atoms with Gasteiger partial charge in [0.1, 0.15) is 11.9 Å². The smallest absolute Gasteiger partial charge is 0.251 e. The summed E-state index contributed by atoms with van der Waals surface area (Å²) < 4.78 is 8.48. The average Bonchev–Trinajstić information content (AvgIpc) is 3.51. The number of aryl methyl sites for hydroxylation is 1. The molecule has 6 nitrogen and oxygen atoms in total. The van der Waals surface area contributed by atoms with Crippen LogP contribution in [0.4, 0.5) is 0 Å². The zero-order valence-corrected chi connectivity index (χ0v) is 22.5. The molecule has 1 aliphatic rings. The van der Waals surface area contributed by atoms with E-state index in [1.807, 2.05) is 36.8 Å². The lowest BCUT2D eigenvalue weighted by atomic mass is 9.90. The summed E-state index contributed by atoms with van der Waals surface area (Å²) >= 11 is 0. The Morgan fingerprint density at radius 3 is 2.46 bits per heavy atom. The predicted octanol–water partition coefficient (Wildman–Crippen LogP) is 5.77. The molecule has 1 unspecified atom stereocenters. The van der Waals surface area contributed by atoms with Gasteiger partial charge in [-0.1, -0.05) is 66.7 Å². The molecular formula is C33H38N4O2. The number of aromatic nitrogens is 2. The molecule has 1 N–H and O–H groups in total. The standard InChI is InChI=1S/C33H38N4O2/c38-33(35-18-7-8-20-36-22-19-34-26-36)29-15-9-16-30(23-29)39-31-17-10-21-37(24-31)25-32(27-11-3-1-4-12-27)28-13-5-2-6-14-28/h1-6,9,11-16,19,22-23,26,31-32H,7-8,10,17-18,20-21,24-25H2,(H,35,38). The highest BCUT2D eigenvalue weighted by Gasteiger charge is 2.25. The summed E-state index contributed by atoms with van der Waals surface area (Å²) in [5.74, 6) is 1.03. The van der Waals surface area contributed by atoms with E-state index in [4.69, 9.17) is 4.74 Å². The van der Waals surface area contributed by atoms with Gasteiger partial charge in [0.05, 0.1) is 6.33 Å². The van der Waals surface area contributed by atoms with Gasteiger partial charge in [0.15, 0.2) is 0 Å². The van der Waals surface area contributed by atoms with E-state index >= 15 is 0 Å². The molecule has 202 valence electrons. The number of nitrogens with one attached hydrogen (secondary N) is 1. The Hall–Kier alpha value is -3.90. The number of carbonyl (C=O) groups excluding carboxylic acids is 1. The minimum atomic E-state index is -0.0538. The monoisotopic (exact) mass is 522 g/mol. The van der Waals surface area contributed by atoms with E-state index in [-0.39, 0.29) is 12.0 Å². The van der Waals surface area contributed by atoms with Gasteiger partial charge in [0, 0.05) is 50.1 Å². The normalized spacial score (nSPS) is 15.8. The zero-order valence-electron chi connectivity index (χ0n) is 22.5. The maximum Gasteiger partial charge on any atom is 0.251 e. The maximum atomic E-state index is 12.7. The van der Waals surface area contributed by atoms with E-state index < -0.39 is 0 Å². The minimum Gasteiger partial charge on any atom is -0.489 e. The lowest BCUT2D eigenvalue weighted by molar-refractivity contribution is 0.0861. The van der Waals surface area contributed by atoms with Crippen LogP contribution in [0, 0.1) is 0 Å². The molecule has 1 atom stereocenters. The molecule has 4 aromatic rings. The van der Waals surface area contributed by atoms with E-state index in [9.17, 15) is 4.79 Å². The van der Waals surface area contributed by atoms with Crippen molar-refractivity contribution < 1.29 is 9.53 Å². The van der Waals surface area contributed by atoms with E-state index in [1.54, 1.807) is 6.20 Å². The predicted molar refractivity (Wildman–Crippen MR) is 155 cm³/mol. The Labute approximate surface area is 231 Å². The third kappa shape index (κ3) is 7.80. The number of imidazole rings is 1. The molecule has 6 heteroatoms. The maximum absolute atomic E-state index is 12.7. The molecule has 1 saturated heterocycles. The van der Waals surface area contributed by atoms with Crippen LogP contribution in [0.15, 0.2) is 104 Å². The Bertz CT molecular complexity index is 1240. The first kappa shape index (κ1) is 26.7. The molecule has 3 aromatic carbocycles. The number of rotatable bonds is 12. The molecule has 5 rings (SSSR count). The Morgan fingerprint density at radius 2 is 1.74 bits per heavy atom. The van der Waals surface area contributed by atoms with Gasteiger partial charge in [-0.15, -0.1) is 0 Å². The largest absolute Gasteiger partial charge is 0.489 e. The average molecular weight is 523 g/mol. The van der Waals surface area contributed by atoms with E-state index in [1.165, 1.54) is 11.1 Å². The molecule has 0 radical (unpaired) electrons. The van der Waals surface area contributed by atoms with Crippen LogP contribution in [0.1, 0.15) is 53.1 Å². The molecule has 2 heterocycles. The third-order valence-corrected chi connectivity index (χ3v) is 7.39. The zero-order chi connectivity index (χ0) is 26.7. The highest BCUT2D eigenvalue weighted by Crippen LogP contribution is 2.28. The second-order valence-corrected chi connectivity index (χ2v) is 10.3. The summed E-state index contributed by atoms with van der Waals surface area (Å²) in [6.45, 7) is 4.47. The first-order valence-electron chi connectivity index (χ1n) is 14.1. The Morgan fingerprint density at radius 1 is 0.974 bits per heavy atom. The van der Waals surface area contributed by atoms with Gasteiger partial charge in [-0.3, -0.25) is 9.69 Å². The van der Waals surface area contributed by atoms with Crippen LogP contribution in [0.2, 0.25) is 0 Å². The van der Waals surface area contributed by atoms with Gasteiger partial charge in [0.2, 0.25) is 0 Å². The summed E-state index contributed by atoms with van der Waals surface area (Å²) in [6, 6.07) is 29.1. The fourth-order valence-corrected chi connectivity index (χ4v) is 5.35.